The SMILES string of the molecule is O=C(NCc1ccc(N2CCCC2)nc1)NC[C@H]1CCCO1. The van der Waals surface area contributed by atoms with Crippen molar-refractivity contribution in [3.05, 3.63) is 23.9 Å². The molecule has 3 heterocycles. The van der Waals surface area contributed by atoms with Gasteiger partial charge in [0.05, 0.1) is 6.10 Å². The second-order valence-corrected chi connectivity index (χ2v) is 5.92. The monoisotopic (exact) mass is 304 g/mol. The smallest absolute Gasteiger partial charge is 0.315 e. The van der Waals surface area contributed by atoms with E-state index in [1.165, 1.54) is 12.8 Å². The maximum absolute atomic E-state index is 11.7. The van der Waals surface area contributed by atoms with Gasteiger partial charge in [-0.05, 0) is 37.3 Å². The maximum atomic E-state index is 11.7. The van der Waals surface area contributed by atoms with Crippen LogP contribution in [0.25, 0.3) is 0 Å². The van der Waals surface area contributed by atoms with E-state index < -0.39 is 0 Å². The third-order valence-electron chi connectivity index (χ3n) is 4.21. The number of hydrogen-bond acceptors (Lipinski definition) is 4. The van der Waals surface area contributed by atoms with Crippen molar-refractivity contribution in [2.45, 2.75) is 38.3 Å². The molecular formula is C16H24N4O2. The average Bonchev–Trinajstić information content (AvgIpc) is 3.24. The fourth-order valence-corrected chi connectivity index (χ4v) is 2.91. The fraction of sp³-hybridized carbons (Fsp3) is 0.625. The van der Waals surface area contributed by atoms with Crippen molar-refractivity contribution in [1.29, 1.82) is 0 Å². The maximum Gasteiger partial charge on any atom is 0.315 e. The molecular weight excluding hydrogens is 280 g/mol. The molecule has 6 nitrogen and oxygen atoms in total. The minimum absolute atomic E-state index is 0.154. The van der Waals surface area contributed by atoms with Crippen molar-refractivity contribution in [3.63, 3.8) is 0 Å². The molecule has 2 amide bonds. The summed E-state index contributed by atoms with van der Waals surface area (Å²) in [6, 6.07) is 3.91. The van der Waals surface area contributed by atoms with Gasteiger partial charge in [0, 0.05) is 39.0 Å². The number of hydrogen-bond donors (Lipinski definition) is 2. The highest BCUT2D eigenvalue weighted by molar-refractivity contribution is 5.73. The summed E-state index contributed by atoms with van der Waals surface area (Å²) in [6.45, 7) is 4.07. The summed E-state index contributed by atoms with van der Waals surface area (Å²) in [6.07, 6.45) is 6.62. The zero-order valence-electron chi connectivity index (χ0n) is 12.9. The van der Waals surface area contributed by atoms with Crippen molar-refractivity contribution in [1.82, 2.24) is 15.6 Å². The molecule has 2 saturated heterocycles. The van der Waals surface area contributed by atoms with E-state index in [1.54, 1.807) is 0 Å². The van der Waals surface area contributed by atoms with Crippen molar-refractivity contribution >= 4 is 11.8 Å². The number of aromatic nitrogens is 1. The van der Waals surface area contributed by atoms with Crippen LogP contribution in [-0.2, 0) is 11.3 Å². The van der Waals surface area contributed by atoms with Crippen LogP contribution in [0.1, 0.15) is 31.2 Å². The molecule has 0 aromatic carbocycles. The zero-order chi connectivity index (χ0) is 15.2. The lowest BCUT2D eigenvalue weighted by molar-refractivity contribution is 0.111. The number of anilines is 1. The van der Waals surface area contributed by atoms with E-state index in [1.807, 2.05) is 18.3 Å². The van der Waals surface area contributed by atoms with Crippen LogP contribution in [0.5, 0.6) is 0 Å². The van der Waals surface area contributed by atoms with Gasteiger partial charge in [-0.25, -0.2) is 9.78 Å². The van der Waals surface area contributed by atoms with Crippen LogP contribution < -0.4 is 15.5 Å². The number of nitrogens with one attached hydrogen (secondary N) is 2. The lowest BCUT2D eigenvalue weighted by atomic mass is 10.2. The predicted molar refractivity (Wildman–Crippen MR) is 84.9 cm³/mol. The first-order chi connectivity index (χ1) is 10.8. The van der Waals surface area contributed by atoms with Crippen molar-refractivity contribution in [2.24, 2.45) is 0 Å². The molecule has 0 bridgehead atoms. The van der Waals surface area contributed by atoms with E-state index in [0.29, 0.717) is 13.1 Å². The Kier molecular flexibility index (Phi) is 5.11. The van der Waals surface area contributed by atoms with Gasteiger partial charge in [-0.15, -0.1) is 0 Å². The average molecular weight is 304 g/mol. The fourth-order valence-electron chi connectivity index (χ4n) is 2.91. The van der Waals surface area contributed by atoms with Gasteiger partial charge in [-0.3, -0.25) is 0 Å². The van der Waals surface area contributed by atoms with Crippen LogP contribution in [-0.4, -0.2) is 43.4 Å². The standard InChI is InChI=1S/C16H24N4O2/c21-16(19-12-14-4-3-9-22-14)18-11-13-5-6-15(17-10-13)20-7-1-2-8-20/h5-6,10,14H,1-4,7-9,11-12H2,(H2,18,19,21)/t14-/m1/s1. The molecule has 6 heteroatoms. The summed E-state index contributed by atoms with van der Waals surface area (Å²) in [7, 11) is 0. The van der Waals surface area contributed by atoms with Gasteiger partial charge in [0.25, 0.3) is 0 Å². The second-order valence-electron chi connectivity index (χ2n) is 5.92. The summed E-state index contributed by atoms with van der Waals surface area (Å²) in [5.41, 5.74) is 1.01. The van der Waals surface area contributed by atoms with Gasteiger partial charge in [-0.2, -0.15) is 0 Å². The summed E-state index contributed by atoms with van der Waals surface area (Å²) >= 11 is 0. The van der Waals surface area contributed by atoms with Crippen molar-refractivity contribution < 1.29 is 9.53 Å². The topological polar surface area (TPSA) is 66.5 Å². The van der Waals surface area contributed by atoms with Crippen LogP contribution >= 0.6 is 0 Å². The normalized spacial score (nSPS) is 21.1. The first-order valence-corrected chi connectivity index (χ1v) is 8.14. The number of pyridine rings is 1. The highest BCUT2D eigenvalue weighted by Crippen LogP contribution is 2.17. The zero-order valence-corrected chi connectivity index (χ0v) is 12.9. The van der Waals surface area contributed by atoms with Gasteiger partial charge >= 0.3 is 6.03 Å². The molecule has 2 fully saturated rings. The minimum Gasteiger partial charge on any atom is -0.376 e. The molecule has 22 heavy (non-hydrogen) atoms. The molecule has 2 N–H and O–H groups in total. The molecule has 2 aliphatic heterocycles. The predicted octanol–water partition coefficient (Wildman–Crippen LogP) is 1.66. The summed E-state index contributed by atoms with van der Waals surface area (Å²) in [5.74, 6) is 1.03. The summed E-state index contributed by atoms with van der Waals surface area (Å²) < 4.78 is 5.47. The van der Waals surface area contributed by atoms with Crippen molar-refractivity contribution in [2.75, 3.05) is 31.1 Å². The van der Waals surface area contributed by atoms with Gasteiger partial charge < -0.3 is 20.3 Å². The third-order valence-corrected chi connectivity index (χ3v) is 4.21. The van der Waals surface area contributed by atoms with E-state index in [-0.39, 0.29) is 12.1 Å². The lowest BCUT2D eigenvalue weighted by Gasteiger charge is -2.16. The van der Waals surface area contributed by atoms with Gasteiger partial charge in [-0.1, -0.05) is 6.07 Å². The molecule has 120 valence electrons. The van der Waals surface area contributed by atoms with Crippen LogP contribution in [0.4, 0.5) is 10.6 Å². The Morgan fingerprint density at radius 1 is 1.27 bits per heavy atom. The van der Waals surface area contributed by atoms with Crippen LogP contribution in [0.2, 0.25) is 0 Å². The highest BCUT2D eigenvalue weighted by Gasteiger charge is 2.16. The molecule has 2 aliphatic rings. The molecule has 0 spiro atoms. The van der Waals surface area contributed by atoms with E-state index in [2.05, 4.69) is 20.5 Å². The van der Waals surface area contributed by atoms with Gasteiger partial charge in [0.1, 0.15) is 5.82 Å². The van der Waals surface area contributed by atoms with Gasteiger partial charge in [0.15, 0.2) is 0 Å². The molecule has 0 unspecified atom stereocenters. The largest absolute Gasteiger partial charge is 0.376 e. The first kappa shape index (κ1) is 15.1. The Morgan fingerprint density at radius 3 is 2.82 bits per heavy atom. The van der Waals surface area contributed by atoms with E-state index >= 15 is 0 Å². The number of rotatable bonds is 5. The number of amides is 2. The Bertz CT molecular complexity index is 479. The number of carbonyl (C=O) groups excluding carboxylic acids is 1. The van der Waals surface area contributed by atoms with Gasteiger partial charge in [0.2, 0.25) is 0 Å². The lowest BCUT2D eigenvalue weighted by Crippen LogP contribution is -2.39. The summed E-state index contributed by atoms with van der Waals surface area (Å²) in [4.78, 5) is 18.5. The molecule has 1 atom stereocenters. The molecule has 3 rings (SSSR count). The first-order valence-electron chi connectivity index (χ1n) is 8.14. The minimum atomic E-state index is -0.154. The molecule has 0 aliphatic carbocycles. The summed E-state index contributed by atoms with van der Waals surface area (Å²) in [5, 5.41) is 5.70. The van der Waals surface area contributed by atoms with Crippen molar-refractivity contribution in [3.8, 4) is 0 Å². The van der Waals surface area contributed by atoms with E-state index in [9.17, 15) is 4.79 Å². The number of urea groups is 1. The van der Waals surface area contributed by atoms with Crippen LogP contribution in [0.15, 0.2) is 18.3 Å². The number of nitrogens with zero attached hydrogens (tertiary/aromatic N) is 2. The molecule has 0 radical (unpaired) electrons. The second kappa shape index (κ2) is 7.45. The molecule has 1 aromatic heterocycles. The Morgan fingerprint density at radius 2 is 2.14 bits per heavy atom. The third kappa shape index (κ3) is 4.10. The Labute approximate surface area is 131 Å². The van der Waals surface area contributed by atoms with Crippen LogP contribution in [0.3, 0.4) is 0 Å². The van der Waals surface area contributed by atoms with Crippen LogP contribution in [0, 0.1) is 0 Å². The molecule has 0 saturated carbocycles. The number of carbonyl (C=O) groups is 1. The Hall–Kier alpha value is -1.82. The number of ether oxygens (including phenoxy) is 1. The highest BCUT2D eigenvalue weighted by atomic mass is 16.5. The van der Waals surface area contributed by atoms with E-state index in [0.717, 1.165) is 43.9 Å². The molecule has 1 aromatic rings. The Balaban J connectivity index is 1.39. The quantitative estimate of drug-likeness (QED) is 0.868. The van der Waals surface area contributed by atoms with E-state index in [4.69, 9.17) is 4.74 Å².